The number of nitrogens with zero attached hydrogens (tertiary/aromatic N) is 1. The van der Waals surface area contributed by atoms with Gasteiger partial charge in [0, 0.05) is 38.3 Å². The maximum Gasteiger partial charge on any atom is 0.254 e. The molecule has 1 aromatic rings. The van der Waals surface area contributed by atoms with E-state index in [-0.39, 0.29) is 11.9 Å². The Morgan fingerprint density at radius 2 is 2.00 bits per heavy atom. The smallest absolute Gasteiger partial charge is 0.254 e. The summed E-state index contributed by atoms with van der Waals surface area (Å²) in [6.45, 7) is 10.3. The molecule has 1 aliphatic heterocycles. The molecule has 0 aromatic heterocycles. The van der Waals surface area contributed by atoms with E-state index in [1.165, 1.54) is 0 Å². The zero-order valence-electron chi connectivity index (χ0n) is 17.3. The number of ether oxygens (including phenoxy) is 3. The quantitative estimate of drug-likeness (QED) is 0.635. The molecule has 1 heterocycles. The van der Waals surface area contributed by atoms with Gasteiger partial charge in [0.15, 0.2) is 11.5 Å². The summed E-state index contributed by atoms with van der Waals surface area (Å²) in [5.41, 5.74) is 0.629. The molecule has 1 saturated heterocycles. The van der Waals surface area contributed by atoms with Crippen molar-refractivity contribution < 1.29 is 19.0 Å². The molecule has 0 unspecified atom stereocenters. The van der Waals surface area contributed by atoms with Gasteiger partial charge in [0.25, 0.3) is 5.91 Å². The van der Waals surface area contributed by atoms with Gasteiger partial charge in [-0.25, -0.2) is 0 Å². The van der Waals surface area contributed by atoms with E-state index in [1.807, 2.05) is 11.0 Å². The Hall–Kier alpha value is -1.79. The topological polar surface area (TPSA) is 60.0 Å². The zero-order valence-corrected chi connectivity index (χ0v) is 17.3. The normalized spacial score (nSPS) is 19.3. The Morgan fingerprint density at radius 1 is 1.22 bits per heavy atom. The van der Waals surface area contributed by atoms with Crippen LogP contribution in [0.25, 0.3) is 0 Å². The van der Waals surface area contributed by atoms with Crippen LogP contribution in [0, 0.1) is 11.8 Å². The van der Waals surface area contributed by atoms with Crippen LogP contribution in [0.4, 0.5) is 0 Å². The Kier molecular flexibility index (Phi) is 8.38. The highest BCUT2D eigenvalue weighted by Gasteiger charge is 2.29. The van der Waals surface area contributed by atoms with E-state index in [4.69, 9.17) is 14.2 Å². The van der Waals surface area contributed by atoms with Crippen molar-refractivity contribution in [1.29, 1.82) is 0 Å². The van der Waals surface area contributed by atoms with Gasteiger partial charge in [-0.1, -0.05) is 6.92 Å². The van der Waals surface area contributed by atoms with E-state index in [9.17, 15) is 4.79 Å². The molecule has 0 spiro atoms. The van der Waals surface area contributed by atoms with Crippen molar-refractivity contribution in [3.63, 3.8) is 0 Å². The summed E-state index contributed by atoms with van der Waals surface area (Å²) >= 11 is 0. The van der Waals surface area contributed by atoms with Gasteiger partial charge in [0.1, 0.15) is 0 Å². The van der Waals surface area contributed by atoms with Gasteiger partial charge < -0.3 is 24.4 Å². The van der Waals surface area contributed by atoms with Gasteiger partial charge in [-0.05, 0) is 57.0 Å². The number of hydrogen-bond donors (Lipinski definition) is 1. The molecule has 1 aromatic carbocycles. The predicted molar refractivity (Wildman–Crippen MR) is 107 cm³/mol. The van der Waals surface area contributed by atoms with E-state index in [0.29, 0.717) is 42.1 Å². The summed E-state index contributed by atoms with van der Waals surface area (Å²) in [7, 11) is 3.27. The molecule has 1 amide bonds. The molecule has 27 heavy (non-hydrogen) atoms. The fourth-order valence-corrected chi connectivity index (χ4v) is 3.36. The van der Waals surface area contributed by atoms with Gasteiger partial charge in [0.2, 0.25) is 0 Å². The second-order valence-corrected chi connectivity index (χ2v) is 7.51. The maximum absolute atomic E-state index is 13.2. The fraction of sp³-hybridized carbons (Fsp3) is 0.667. The van der Waals surface area contributed by atoms with E-state index in [1.54, 1.807) is 26.4 Å². The van der Waals surface area contributed by atoms with Crippen LogP contribution >= 0.6 is 0 Å². The molecule has 6 nitrogen and oxygen atoms in total. The van der Waals surface area contributed by atoms with Crippen molar-refractivity contribution in [1.82, 2.24) is 10.2 Å². The second-order valence-electron chi connectivity index (χ2n) is 7.51. The lowest BCUT2D eigenvalue weighted by Gasteiger charge is -2.31. The third-order valence-corrected chi connectivity index (χ3v) is 5.15. The minimum atomic E-state index is 0.0356. The molecule has 0 bridgehead atoms. The first kappa shape index (κ1) is 21.5. The Labute approximate surface area is 163 Å². The minimum absolute atomic E-state index is 0.0356. The van der Waals surface area contributed by atoms with Crippen LogP contribution in [0.1, 0.15) is 37.6 Å². The number of nitrogens with one attached hydrogen (secondary N) is 1. The molecule has 1 N–H and O–H groups in total. The lowest BCUT2D eigenvalue weighted by molar-refractivity contribution is 0.0664. The first-order valence-corrected chi connectivity index (χ1v) is 9.79. The summed E-state index contributed by atoms with van der Waals surface area (Å²) < 4.78 is 16.3. The van der Waals surface area contributed by atoms with Crippen LogP contribution in [0.2, 0.25) is 0 Å². The van der Waals surface area contributed by atoms with Crippen LogP contribution < -0.4 is 14.8 Å². The Morgan fingerprint density at radius 3 is 2.59 bits per heavy atom. The van der Waals surface area contributed by atoms with Gasteiger partial charge in [0.05, 0.1) is 13.7 Å². The van der Waals surface area contributed by atoms with Crippen LogP contribution in [0.3, 0.4) is 0 Å². The molecule has 0 radical (unpaired) electrons. The monoisotopic (exact) mass is 378 g/mol. The van der Waals surface area contributed by atoms with Crippen molar-refractivity contribution in [3.8, 4) is 11.5 Å². The van der Waals surface area contributed by atoms with Crippen molar-refractivity contribution in [2.75, 3.05) is 47.1 Å². The third kappa shape index (κ3) is 5.84. The largest absolute Gasteiger partial charge is 0.493 e. The van der Waals surface area contributed by atoms with Crippen molar-refractivity contribution in [3.05, 3.63) is 23.8 Å². The highest BCUT2D eigenvalue weighted by atomic mass is 16.5. The molecule has 0 saturated carbocycles. The zero-order chi connectivity index (χ0) is 19.8. The van der Waals surface area contributed by atoms with Crippen molar-refractivity contribution >= 4 is 5.91 Å². The number of carbonyl (C=O) groups excluding carboxylic acids is 1. The molecule has 1 fully saturated rings. The predicted octanol–water partition coefficient (Wildman–Crippen LogP) is 2.82. The fourth-order valence-electron chi connectivity index (χ4n) is 3.36. The highest BCUT2D eigenvalue weighted by molar-refractivity contribution is 5.95. The molecular formula is C21H34N2O4. The molecule has 2 atom stereocenters. The first-order valence-electron chi connectivity index (χ1n) is 9.79. The van der Waals surface area contributed by atoms with Gasteiger partial charge in [-0.2, -0.15) is 0 Å². The number of benzene rings is 1. The van der Waals surface area contributed by atoms with Crippen molar-refractivity contribution in [2.45, 2.75) is 33.2 Å². The van der Waals surface area contributed by atoms with Crippen LogP contribution in [0.15, 0.2) is 18.2 Å². The SMILES string of the molecule is COCCCOc1cc(C(=O)N(C[C@@H]2CNC[C@H]2C)C(C)C)ccc1OC. The molecule has 152 valence electrons. The van der Waals surface area contributed by atoms with E-state index in [2.05, 4.69) is 26.1 Å². The number of amides is 1. The third-order valence-electron chi connectivity index (χ3n) is 5.15. The minimum Gasteiger partial charge on any atom is -0.493 e. The van der Waals surface area contributed by atoms with Crippen LogP contribution in [-0.4, -0.2) is 63.9 Å². The Balaban J connectivity index is 2.14. The molecule has 6 heteroatoms. The Bertz CT molecular complexity index is 606. The summed E-state index contributed by atoms with van der Waals surface area (Å²) in [5, 5.41) is 3.42. The lowest BCUT2D eigenvalue weighted by atomic mass is 9.96. The summed E-state index contributed by atoms with van der Waals surface area (Å²) in [4.78, 5) is 15.2. The van der Waals surface area contributed by atoms with Crippen LogP contribution in [0.5, 0.6) is 11.5 Å². The molecule has 2 rings (SSSR count). The average molecular weight is 379 g/mol. The van der Waals surface area contributed by atoms with Crippen molar-refractivity contribution in [2.24, 2.45) is 11.8 Å². The highest BCUT2D eigenvalue weighted by Crippen LogP contribution is 2.29. The standard InChI is InChI=1S/C21H34N2O4/c1-15(2)23(14-18-13-22-12-16(18)3)21(24)17-7-8-19(26-5)20(11-17)27-10-6-9-25-4/h7-8,11,15-16,18,22H,6,9-10,12-14H2,1-5H3/t16-,18+/m1/s1. The number of hydrogen-bond acceptors (Lipinski definition) is 5. The van der Waals surface area contributed by atoms with Crippen LogP contribution in [-0.2, 0) is 4.74 Å². The van der Waals surface area contributed by atoms with Gasteiger partial charge in [-0.15, -0.1) is 0 Å². The number of carbonyl (C=O) groups is 1. The van der Waals surface area contributed by atoms with Gasteiger partial charge in [-0.3, -0.25) is 4.79 Å². The summed E-state index contributed by atoms with van der Waals surface area (Å²) in [5.74, 6) is 2.33. The molecule has 0 aliphatic carbocycles. The molecule has 1 aliphatic rings. The lowest BCUT2D eigenvalue weighted by Crippen LogP contribution is -2.41. The average Bonchev–Trinajstić information content (AvgIpc) is 3.07. The molecular weight excluding hydrogens is 344 g/mol. The maximum atomic E-state index is 13.2. The first-order chi connectivity index (χ1) is 13.0. The van der Waals surface area contributed by atoms with E-state index in [0.717, 1.165) is 26.1 Å². The summed E-state index contributed by atoms with van der Waals surface area (Å²) in [6, 6.07) is 5.55. The van der Waals surface area contributed by atoms with Gasteiger partial charge >= 0.3 is 0 Å². The van der Waals surface area contributed by atoms with E-state index >= 15 is 0 Å². The number of rotatable bonds is 10. The second kappa shape index (κ2) is 10.5. The van der Waals surface area contributed by atoms with E-state index < -0.39 is 0 Å². The summed E-state index contributed by atoms with van der Waals surface area (Å²) in [6.07, 6.45) is 0.780. The number of methoxy groups -OCH3 is 2.